The van der Waals surface area contributed by atoms with E-state index in [4.69, 9.17) is 0 Å². The van der Waals surface area contributed by atoms with Crippen molar-refractivity contribution in [3.63, 3.8) is 0 Å². The molecule has 4 nitrogen and oxygen atoms in total. The molecule has 0 heterocycles. The largest absolute Gasteiger partial charge is 0.467 e. The van der Waals surface area contributed by atoms with Crippen LogP contribution < -0.4 is 5.32 Å². The van der Waals surface area contributed by atoms with E-state index in [9.17, 15) is 9.90 Å². The minimum Gasteiger partial charge on any atom is -0.467 e. The number of aryl methyl sites for hydroxylation is 1. The molecule has 1 aromatic rings. The van der Waals surface area contributed by atoms with Crippen molar-refractivity contribution in [2.24, 2.45) is 0 Å². The third-order valence-corrected chi connectivity index (χ3v) is 2.92. The molecule has 1 unspecified atom stereocenters. The van der Waals surface area contributed by atoms with Crippen LogP contribution in [0.3, 0.4) is 0 Å². The fourth-order valence-electron chi connectivity index (χ4n) is 1.70. The minimum atomic E-state index is -1.51. The van der Waals surface area contributed by atoms with Crippen molar-refractivity contribution in [2.45, 2.75) is 32.4 Å². The predicted octanol–water partition coefficient (Wildman–Crippen LogP) is 1.57. The maximum Gasteiger partial charge on any atom is 0.338 e. The summed E-state index contributed by atoms with van der Waals surface area (Å²) in [7, 11) is 1.26. The van der Waals surface area contributed by atoms with Crippen LogP contribution in [-0.2, 0) is 9.53 Å². The van der Waals surface area contributed by atoms with Crippen LogP contribution in [0.1, 0.15) is 31.0 Å². The first-order chi connectivity index (χ1) is 8.36. The Labute approximate surface area is 108 Å². The zero-order chi connectivity index (χ0) is 13.8. The van der Waals surface area contributed by atoms with Crippen LogP contribution in [0.15, 0.2) is 24.3 Å². The van der Waals surface area contributed by atoms with Gasteiger partial charge in [0.05, 0.1) is 7.11 Å². The van der Waals surface area contributed by atoms with Crippen LogP contribution in [0, 0.1) is 6.92 Å². The van der Waals surface area contributed by atoms with Crippen molar-refractivity contribution < 1.29 is 14.6 Å². The third-order valence-electron chi connectivity index (χ3n) is 2.92. The van der Waals surface area contributed by atoms with Gasteiger partial charge in [-0.15, -0.1) is 0 Å². The SMILES string of the molecule is COC(=O)C(C)(O)CN[C@@H](C)c1cccc(C)c1. The second-order valence-electron chi connectivity index (χ2n) is 4.78. The molecule has 1 rings (SSSR count). The summed E-state index contributed by atoms with van der Waals surface area (Å²) in [6, 6.07) is 8.16. The van der Waals surface area contributed by atoms with Crippen LogP contribution >= 0.6 is 0 Å². The molecule has 4 heteroatoms. The van der Waals surface area contributed by atoms with Gasteiger partial charge in [-0.2, -0.15) is 0 Å². The summed E-state index contributed by atoms with van der Waals surface area (Å²) >= 11 is 0. The van der Waals surface area contributed by atoms with Gasteiger partial charge in [-0.25, -0.2) is 4.79 Å². The zero-order valence-electron chi connectivity index (χ0n) is 11.4. The van der Waals surface area contributed by atoms with Gasteiger partial charge in [-0.3, -0.25) is 0 Å². The normalized spacial score (nSPS) is 15.8. The summed E-state index contributed by atoms with van der Waals surface area (Å²) in [5.41, 5.74) is 0.795. The van der Waals surface area contributed by atoms with E-state index in [1.165, 1.54) is 19.6 Å². The average Bonchev–Trinajstić information content (AvgIpc) is 2.35. The summed E-state index contributed by atoms with van der Waals surface area (Å²) in [4.78, 5) is 11.3. The number of rotatable bonds is 5. The number of nitrogens with one attached hydrogen (secondary N) is 1. The molecular formula is C14H21NO3. The minimum absolute atomic E-state index is 0.0565. The van der Waals surface area contributed by atoms with Gasteiger partial charge in [0, 0.05) is 12.6 Å². The lowest BCUT2D eigenvalue weighted by Crippen LogP contribution is -2.46. The lowest BCUT2D eigenvalue weighted by molar-refractivity contribution is -0.160. The van der Waals surface area contributed by atoms with Gasteiger partial charge in [0.2, 0.25) is 0 Å². The van der Waals surface area contributed by atoms with E-state index < -0.39 is 11.6 Å². The van der Waals surface area contributed by atoms with Crippen molar-refractivity contribution >= 4 is 5.97 Å². The Morgan fingerprint density at radius 1 is 1.56 bits per heavy atom. The highest BCUT2D eigenvalue weighted by atomic mass is 16.5. The van der Waals surface area contributed by atoms with Gasteiger partial charge in [-0.05, 0) is 26.3 Å². The van der Waals surface area contributed by atoms with Crippen LogP contribution in [0.4, 0.5) is 0 Å². The van der Waals surface area contributed by atoms with E-state index in [-0.39, 0.29) is 12.6 Å². The topological polar surface area (TPSA) is 58.6 Å². The van der Waals surface area contributed by atoms with Crippen molar-refractivity contribution in [1.29, 1.82) is 0 Å². The maximum absolute atomic E-state index is 11.3. The van der Waals surface area contributed by atoms with Crippen molar-refractivity contribution in [3.8, 4) is 0 Å². The van der Waals surface area contributed by atoms with E-state index >= 15 is 0 Å². The highest BCUT2D eigenvalue weighted by Crippen LogP contribution is 2.15. The molecular weight excluding hydrogens is 230 g/mol. The molecule has 2 atom stereocenters. The van der Waals surface area contributed by atoms with E-state index in [1.807, 2.05) is 32.0 Å². The fourth-order valence-corrected chi connectivity index (χ4v) is 1.70. The quantitative estimate of drug-likeness (QED) is 0.780. The molecule has 0 saturated carbocycles. The molecule has 1 aromatic carbocycles. The Morgan fingerprint density at radius 3 is 2.78 bits per heavy atom. The van der Waals surface area contributed by atoms with Crippen molar-refractivity contribution in [2.75, 3.05) is 13.7 Å². The number of carbonyl (C=O) groups excluding carboxylic acids is 1. The van der Waals surface area contributed by atoms with E-state index in [0.29, 0.717) is 0 Å². The summed E-state index contributed by atoms with van der Waals surface area (Å²) in [6.45, 7) is 5.60. The molecule has 0 radical (unpaired) electrons. The van der Waals surface area contributed by atoms with Gasteiger partial charge in [0.25, 0.3) is 0 Å². The van der Waals surface area contributed by atoms with Crippen LogP contribution in [0.25, 0.3) is 0 Å². The first-order valence-electron chi connectivity index (χ1n) is 5.97. The molecule has 0 aliphatic rings. The van der Waals surface area contributed by atoms with E-state index in [1.54, 1.807) is 0 Å². The van der Waals surface area contributed by atoms with Gasteiger partial charge in [-0.1, -0.05) is 29.8 Å². The van der Waals surface area contributed by atoms with Crippen molar-refractivity contribution in [3.05, 3.63) is 35.4 Å². The highest BCUT2D eigenvalue weighted by Gasteiger charge is 2.31. The van der Waals surface area contributed by atoms with Crippen LogP contribution in [0.5, 0.6) is 0 Å². The second kappa shape index (κ2) is 5.98. The molecule has 0 fully saturated rings. The highest BCUT2D eigenvalue weighted by molar-refractivity contribution is 5.78. The Bertz CT molecular complexity index is 415. The molecule has 2 N–H and O–H groups in total. The second-order valence-corrected chi connectivity index (χ2v) is 4.78. The van der Waals surface area contributed by atoms with E-state index in [2.05, 4.69) is 16.1 Å². The van der Waals surface area contributed by atoms with Gasteiger partial charge in [0.1, 0.15) is 0 Å². The Hall–Kier alpha value is -1.39. The number of ether oxygens (including phenoxy) is 1. The smallest absolute Gasteiger partial charge is 0.338 e. The molecule has 0 amide bonds. The predicted molar refractivity (Wildman–Crippen MR) is 70.2 cm³/mol. The van der Waals surface area contributed by atoms with Crippen LogP contribution in [-0.4, -0.2) is 30.3 Å². The summed E-state index contributed by atoms with van der Waals surface area (Å²) < 4.78 is 4.54. The molecule has 0 aliphatic heterocycles. The lowest BCUT2D eigenvalue weighted by Gasteiger charge is -2.23. The first-order valence-corrected chi connectivity index (χ1v) is 5.97. The number of methoxy groups -OCH3 is 1. The van der Waals surface area contributed by atoms with Gasteiger partial charge in [0.15, 0.2) is 5.60 Å². The number of benzene rings is 1. The maximum atomic E-state index is 11.3. The fraction of sp³-hybridized carbons (Fsp3) is 0.500. The number of aliphatic hydroxyl groups is 1. The number of carbonyl (C=O) groups is 1. The Balaban J connectivity index is 2.61. The van der Waals surface area contributed by atoms with E-state index in [0.717, 1.165) is 5.56 Å². The monoisotopic (exact) mass is 251 g/mol. The number of esters is 1. The molecule has 0 aliphatic carbocycles. The summed E-state index contributed by atoms with van der Waals surface area (Å²) in [5, 5.41) is 13.0. The Kier molecular flexibility index (Phi) is 4.87. The molecule has 18 heavy (non-hydrogen) atoms. The molecule has 0 spiro atoms. The molecule has 0 bridgehead atoms. The average molecular weight is 251 g/mol. The van der Waals surface area contributed by atoms with Gasteiger partial charge >= 0.3 is 5.97 Å². The molecule has 0 aromatic heterocycles. The summed E-state index contributed by atoms with van der Waals surface area (Å²) in [5.74, 6) is -0.633. The van der Waals surface area contributed by atoms with Crippen molar-refractivity contribution in [1.82, 2.24) is 5.32 Å². The first kappa shape index (κ1) is 14.7. The number of hydrogen-bond donors (Lipinski definition) is 2. The van der Waals surface area contributed by atoms with Crippen LogP contribution in [0.2, 0.25) is 0 Å². The Morgan fingerprint density at radius 2 is 2.22 bits per heavy atom. The third kappa shape index (κ3) is 3.82. The van der Waals surface area contributed by atoms with Gasteiger partial charge < -0.3 is 15.2 Å². The standard InChI is InChI=1S/C14H21NO3/c1-10-6-5-7-12(8-10)11(2)15-9-14(3,17)13(16)18-4/h5-8,11,15,17H,9H2,1-4H3/t11-,14?/m0/s1. The molecule has 0 saturated heterocycles. The zero-order valence-corrected chi connectivity index (χ0v) is 11.4. The lowest BCUT2D eigenvalue weighted by atomic mass is 10.0. The molecule has 100 valence electrons. The summed E-state index contributed by atoms with van der Waals surface area (Å²) in [6.07, 6.45) is 0. The number of hydrogen-bond acceptors (Lipinski definition) is 4.